The average molecular weight is 446 g/mol. The molecule has 3 aromatic rings. The van der Waals surface area contributed by atoms with Crippen LogP contribution in [0, 0.1) is 19.7 Å². The molecule has 2 aliphatic rings. The zero-order valence-electron chi connectivity index (χ0n) is 18.9. The molecule has 0 spiro atoms. The molecule has 6 heteroatoms. The van der Waals surface area contributed by atoms with Crippen LogP contribution in [0.2, 0.25) is 0 Å². The van der Waals surface area contributed by atoms with Crippen molar-refractivity contribution in [1.82, 2.24) is 9.88 Å². The number of benzene rings is 2. The molecule has 0 aliphatic carbocycles. The molecule has 0 saturated carbocycles. The summed E-state index contributed by atoms with van der Waals surface area (Å²) in [6, 6.07) is 12.1. The van der Waals surface area contributed by atoms with Gasteiger partial charge in [-0.2, -0.15) is 0 Å². The fourth-order valence-corrected chi connectivity index (χ4v) is 4.93. The number of hydrogen-bond acceptors (Lipinski definition) is 3. The van der Waals surface area contributed by atoms with Crippen LogP contribution in [0.1, 0.15) is 40.9 Å². The monoisotopic (exact) mass is 445 g/mol. The van der Waals surface area contributed by atoms with Crippen LogP contribution in [-0.2, 0) is 11.3 Å². The molecule has 0 unspecified atom stereocenters. The number of aromatic nitrogens is 1. The lowest BCUT2D eigenvalue weighted by Crippen LogP contribution is -2.35. The number of rotatable bonds is 4. The van der Waals surface area contributed by atoms with Crippen molar-refractivity contribution in [3.8, 4) is 11.1 Å². The Balaban J connectivity index is 1.52. The van der Waals surface area contributed by atoms with Gasteiger partial charge in [-0.1, -0.05) is 24.3 Å². The Morgan fingerprint density at radius 2 is 1.91 bits per heavy atom. The lowest BCUT2D eigenvalue weighted by Gasteiger charge is -2.29. The topological polar surface area (TPSA) is 68.4 Å². The summed E-state index contributed by atoms with van der Waals surface area (Å²) in [5, 5.41) is 12.7. The van der Waals surface area contributed by atoms with E-state index in [-0.39, 0.29) is 17.8 Å². The van der Waals surface area contributed by atoms with Gasteiger partial charge in [0.15, 0.2) is 0 Å². The SMILES string of the molecule is Cc1[nH]c(C=C2C(=O)Nc3cccc(-c4cccc(F)c4)c32)c(C)c1CN1CCC(O)CC1. The normalized spacial score (nSPS) is 18.1. The van der Waals surface area contributed by atoms with Gasteiger partial charge in [0, 0.05) is 42.3 Å². The van der Waals surface area contributed by atoms with E-state index >= 15 is 0 Å². The third-order valence-corrected chi connectivity index (χ3v) is 6.82. The van der Waals surface area contributed by atoms with Crippen molar-refractivity contribution in [2.75, 3.05) is 18.4 Å². The van der Waals surface area contributed by atoms with Crippen LogP contribution < -0.4 is 5.32 Å². The van der Waals surface area contributed by atoms with Crippen molar-refractivity contribution in [2.24, 2.45) is 0 Å². The standard InChI is InChI=1S/C27H28FN3O2/c1-16-23(15-31-11-9-20(32)10-12-31)17(2)29-25(16)14-22-26-21(18-5-3-6-19(28)13-18)7-4-8-24(26)30-27(22)33/h3-8,13-14,20,29,32H,9-12,15H2,1-2H3,(H,30,33). The van der Waals surface area contributed by atoms with Crippen molar-refractivity contribution in [3.05, 3.63) is 76.4 Å². The molecular formula is C27H28FN3O2. The molecule has 1 amide bonds. The number of amides is 1. The molecule has 1 saturated heterocycles. The van der Waals surface area contributed by atoms with Crippen molar-refractivity contribution in [3.63, 3.8) is 0 Å². The molecule has 5 nitrogen and oxygen atoms in total. The third-order valence-electron chi connectivity index (χ3n) is 6.82. The van der Waals surface area contributed by atoms with Gasteiger partial charge in [0.1, 0.15) is 5.82 Å². The van der Waals surface area contributed by atoms with E-state index in [2.05, 4.69) is 29.0 Å². The fourth-order valence-electron chi connectivity index (χ4n) is 4.93. The first-order valence-corrected chi connectivity index (χ1v) is 11.4. The summed E-state index contributed by atoms with van der Waals surface area (Å²) in [5.74, 6) is -0.467. The molecule has 0 atom stereocenters. The minimum absolute atomic E-state index is 0.160. The van der Waals surface area contributed by atoms with Crippen molar-refractivity contribution >= 4 is 23.2 Å². The highest BCUT2D eigenvalue weighted by Crippen LogP contribution is 2.41. The molecule has 33 heavy (non-hydrogen) atoms. The predicted octanol–water partition coefficient (Wildman–Crippen LogP) is 4.89. The molecule has 170 valence electrons. The maximum Gasteiger partial charge on any atom is 0.256 e. The highest BCUT2D eigenvalue weighted by atomic mass is 19.1. The number of likely N-dealkylation sites (tertiary alicyclic amines) is 1. The Morgan fingerprint density at radius 1 is 1.15 bits per heavy atom. The molecule has 3 N–H and O–H groups in total. The van der Waals surface area contributed by atoms with E-state index in [1.807, 2.05) is 30.3 Å². The smallest absolute Gasteiger partial charge is 0.256 e. The van der Waals surface area contributed by atoms with E-state index in [0.29, 0.717) is 5.57 Å². The molecular weight excluding hydrogens is 417 g/mol. The minimum atomic E-state index is -0.307. The number of carbonyl (C=O) groups is 1. The first-order chi connectivity index (χ1) is 15.9. The van der Waals surface area contributed by atoms with Gasteiger partial charge in [-0.3, -0.25) is 9.69 Å². The Kier molecular flexibility index (Phi) is 5.64. The number of aliphatic hydroxyl groups is 1. The number of halogens is 1. The Hall–Kier alpha value is -3.22. The second-order valence-corrected chi connectivity index (χ2v) is 9.03. The van der Waals surface area contributed by atoms with E-state index < -0.39 is 0 Å². The molecule has 1 aromatic heterocycles. The largest absolute Gasteiger partial charge is 0.393 e. The van der Waals surface area contributed by atoms with Gasteiger partial charge < -0.3 is 15.4 Å². The van der Waals surface area contributed by atoms with Gasteiger partial charge in [0.05, 0.1) is 11.7 Å². The van der Waals surface area contributed by atoms with Gasteiger partial charge in [0.2, 0.25) is 0 Å². The van der Waals surface area contributed by atoms with E-state index in [0.717, 1.165) is 71.8 Å². The number of aliphatic hydroxyl groups excluding tert-OH is 1. The molecule has 2 aromatic carbocycles. The van der Waals surface area contributed by atoms with Crippen LogP contribution >= 0.6 is 0 Å². The van der Waals surface area contributed by atoms with Crippen LogP contribution in [0.4, 0.5) is 10.1 Å². The Bertz CT molecular complexity index is 1250. The maximum absolute atomic E-state index is 13.9. The summed E-state index contributed by atoms with van der Waals surface area (Å²) in [4.78, 5) is 18.8. The number of hydrogen-bond donors (Lipinski definition) is 3. The molecule has 3 heterocycles. The summed E-state index contributed by atoms with van der Waals surface area (Å²) < 4.78 is 13.9. The number of fused-ring (bicyclic) bond motifs is 1. The van der Waals surface area contributed by atoms with Crippen molar-refractivity contribution in [1.29, 1.82) is 0 Å². The number of nitrogens with one attached hydrogen (secondary N) is 2. The summed E-state index contributed by atoms with van der Waals surface area (Å²) >= 11 is 0. The number of carbonyl (C=O) groups excluding carboxylic acids is 1. The van der Waals surface area contributed by atoms with Crippen LogP contribution in [0.3, 0.4) is 0 Å². The lowest BCUT2D eigenvalue weighted by atomic mass is 9.94. The molecule has 0 bridgehead atoms. The van der Waals surface area contributed by atoms with Gasteiger partial charge in [-0.05, 0) is 73.2 Å². The first-order valence-electron chi connectivity index (χ1n) is 11.4. The van der Waals surface area contributed by atoms with Gasteiger partial charge in [-0.15, -0.1) is 0 Å². The highest BCUT2D eigenvalue weighted by molar-refractivity contribution is 6.36. The quantitative estimate of drug-likeness (QED) is 0.501. The van der Waals surface area contributed by atoms with E-state index in [1.54, 1.807) is 6.07 Å². The van der Waals surface area contributed by atoms with E-state index in [4.69, 9.17) is 0 Å². The van der Waals surface area contributed by atoms with Crippen LogP contribution in [0.25, 0.3) is 22.8 Å². The van der Waals surface area contributed by atoms with Crippen LogP contribution in [0.15, 0.2) is 42.5 Å². The first kappa shape index (κ1) is 21.6. The molecule has 2 aliphatic heterocycles. The second-order valence-electron chi connectivity index (χ2n) is 9.03. The summed E-state index contributed by atoms with van der Waals surface area (Å²) in [6.45, 7) is 6.73. The number of piperidine rings is 1. The Labute approximate surface area is 192 Å². The highest BCUT2D eigenvalue weighted by Gasteiger charge is 2.28. The zero-order chi connectivity index (χ0) is 23.1. The van der Waals surface area contributed by atoms with Crippen molar-refractivity contribution in [2.45, 2.75) is 39.3 Å². The summed E-state index contributed by atoms with van der Waals surface area (Å²) in [5.41, 5.74) is 8.01. The molecule has 5 rings (SSSR count). The number of nitrogens with zero attached hydrogens (tertiary/aromatic N) is 1. The summed E-state index contributed by atoms with van der Waals surface area (Å²) in [6.07, 6.45) is 3.33. The summed E-state index contributed by atoms with van der Waals surface area (Å²) in [7, 11) is 0. The van der Waals surface area contributed by atoms with Gasteiger partial charge >= 0.3 is 0 Å². The van der Waals surface area contributed by atoms with Crippen molar-refractivity contribution < 1.29 is 14.3 Å². The van der Waals surface area contributed by atoms with E-state index in [9.17, 15) is 14.3 Å². The fraction of sp³-hybridized carbons (Fsp3) is 0.296. The lowest BCUT2D eigenvalue weighted by molar-refractivity contribution is -0.110. The zero-order valence-corrected chi connectivity index (χ0v) is 18.9. The molecule has 1 fully saturated rings. The predicted molar refractivity (Wildman–Crippen MR) is 129 cm³/mol. The third kappa shape index (κ3) is 4.12. The minimum Gasteiger partial charge on any atom is -0.393 e. The van der Waals surface area contributed by atoms with Crippen LogP contribution in [0.5, 0.6) is 0 Å². The Morgan fingerprint density at radius 3 is 2.67 bits per heavy atom. The molecule has 0 radical (unpaired) electrons. The second kappa shape index (κ2) is 8.61. The maximum atomic E-state index is 13.9. The number of anilines is 1. The number of aromatic amines is 1. The van der Waals surface area contributed by atoms with E-state index in [1.165, 1.54) is 17.7 Å². The average Bonchev–Trinajstić information content (AvgIpc) is 3.25. The van der Waals surface area contributed by atoms with Gasteiger partial charge in [0.25, 0.3) is 5.91 Å². The van der Waals surface area contributed by atoms with Crippen LogP contribution in [-0.4, -0.2) is 40.1 Å². The van der Waals surface area contributed by atoms with Gasteiger partial charge in [-0.25, -0.2) is 4.39 Å². The number of aryl methyl sites for hydroxylation is 1. The number of H-pyrrole nitrogens is 1.